The Balaban J connectivity index is 2.71. The first kappa shape index (κ1) is 10.5. The molecule has 0 saturated carbocycles. The molecule has 2 aromatic rings. The van der Waals surface area contributed by atoms with E-state index in [1.54, 1.807) is 7.05 Å². The molecule has 1 heterocycles. The first-order valence-electron chi connectivity index (χ1n) is 4.09. The maximum atomic E-state index is 12.4. The lowest BCUT2D eigenvalue weighted by Gasteiger charge is -2.05. The molecule has 0 saturated heterocycles. The van der Waals surface area contributed by atoms with Gasteiger partial charge in [-0.2, -0.15) is 18.3 Å². The monoisotopic (exact) mass is 278 g/mol. The van der Waals surface area contributed by atoms with E-state index in [1.807, 2.05) is 0 Å². The first-order chi connectivity index (χ1) is 6.89. The molecular formula is C9H6BrF3N2. The molecule has 0 N–H and O–H groups in total. The molecule has 0 aliphatic carbocycles. The largest absolute Gasteiger partial charge is 0.416 e. The van der Waals surface area contributed by atoms with Crippen LogP contribution in [0.25, 0.3) is 10.9 Å². The van der Waals surface area contributed by atoms with Crippen molar-refractivity contribution in [3.63, 3.8) is 0 Å². The maximum Gasteiger partial charge on any atom is 0.416 e. The summed E-state index contributed by atoms with van der Waals surface area (Å²) in [5, 5.41) is 4.44. The summed E-state index contributed by atoms with van der Waals surface area (Å²) in [7, 11) is 1.68. The Morgan fingerprint density at radius 3 is 2.60 bits per heavy atom. The molecule has 80 valence electrons. The van der Waals surface area contributed by atoms with Crippen LogP contribution in [0.3, 0.4) is 0 Å². The highest BCUT2D eigenvalue weighted by Gasteiger charge is 2.30. The minimum absolute atomic E-state index is 0.422. The van der Waals surface area contributed by atoms with Gasteiger partial charge in [0.15, 0.2) is 0 Å². The molecule has 6 heteroatoms. The van der Waals surface area contributed by atoms with Gasteiger partial charge in [0.2, 0.25) is 0 Å². The van der Waals surface area contributed by atoms with Crippen LogP contribution in [0.1, 0.15) is 5.56 Å². The molecule has 1 aromatic carbocycles. The van der Waals surface area contributed by atoms with E-state index in [1.165, 1.54) is 10.7 Å². The molecular weight excluding hydrogens is 273 g/mol. The van der Waals surface area contributed by atoms with E-state index in [0.717, 1.165) is 12.1 Å². The van der Waals surface area contributed by atoms with Crippen molar-refractivity contribution in [1.29, 1.82) is 0 Å². The van der Waals surface area contributed by atoms with Gasteiger partial charge < -0.3 is 0 Å². The van der Waals surface area contributed by atoms with Gasteiger partial charge in [0, 0.05) is 12.4 Å². The second-order valence-electron chi connectivity index (χ2n) is 3.14. The van der Waals surface area contributed by atoms with E-state index in [9.17, 15) is 13.2 Å². The normalized spacial score (nSPS) is 12.3. The average Bonchev–Trinajstić information content (AvgIpc) is 2.41. The van der Waals surface area contributed by atoms with Crippen molar-refractivity contribution in [3.8, 4) is 0 Å². The van der Waals surface area contributed by atoms with Crippen molar-refractivity contribution < 1.29 is 13.2 Å². The van der Waals surface area contributed by atoms with Crippen LogP contribution in [0, 0.1) is 0 Å². The molecule has 0 radical (unpaired) electrons. The van der Waals surface area contributed by atoms with Crippen molar-refractivity contribution in [1.82, 2.24) is 9.78 Å². The number of hydrogen-bond donors (Lipinski definition) is 0. The lowest BCUT2D eigenvalue weighted by atomic mass is 10.1. The van der Waals surface area contributed by atoms with Gasteiger partial charge in [-0.25, -0.2) is 0 Å². The van der Waals surface area contributed by atoms with Gasteiger partial charge in [-0.3, -0.25) is 4.68 Å². The highest BCUT2D eigenvalue weighted by molar-refractivity contribution is 9.10. The number of aromatic nitrogens is 2. The number of benzene rings is 1. The zero-order valence-electron chi connectivity index (χ0n) is 7.64. The number of aryl methyl sites for hydroxylation is 1. The predicted molar refractivity (Wildman–Crippen MR) is 53.4 cm³/mol. The number of fused-ring (bicyclic) bond motifs is 1. The Bertz CT molecular complexity index is 516. The van der Waals surface area contributed by atoms with Crippen LogP contribution in [-0.2, 0) is 13.2 Å². The third kappa shape index (κ3) is 1.73. The van der Waals surface area contributed by atoms with Gasteiger partial charge in [0.25, 0.3) is 0 Å². The number of nitrogens with zero attached hydrogens (tertiary/aromatic N) is 2. The predicted octanol–water partition coefficient (Wildman–Crippen LogP) is 3.35. The molecule has 2 nitrogen and oxygen atoms in total. The quantitative estimate of drug-likeness (QED) is 0.723. The van der Waals surface area contributed by atoms with Crippen LogP contribution in [0.2, 0.25) is 0 Å². The van der Waals surface area contributed by atoms with E-state index in [4.69, 9.17) is 0 Å². The summed E-state index contributed by atoms with van der Waals surface area (Å²) in [5.41, 5.74) is -0.00132. The van der Waals surface area contributed by atoms with Gasteiger partial charge in [0.05, 0.1) is 11.1 Å². The molecule has 1 aromatic heterocycles. The minimum atomic E-state index is -4.32. The van der Waals surface area contributed by atoms with Gasteiger partial charge in [0.1, 0.15) is 4.60 Å². The van der Waals surface area contributed by atoms with Crippen LogP contribution in [0.5, 0.6) is 0 Å². The molecule has 0 spiro atoms. The van der Waals surface area contributed by atoms with Crippen molar-refractivity contribution in [2.45, 2.75) is 6.18 Å². The van der Waals surface area contributed by atoms with Crippen LogP contribution < -0.4 is 0 Å². The van der Waals surface area contributed by atoms with Crippen LogP contribution >= 0.6 is 15.9 Å². The lowest BCUT2D eigenvalue weighted by molar-refractivity contribution is -0.137. The second-order valence-corrected chi connectivity index (χ2v) is 3.90. The van der Waals surface area contributed by atoms with Gasteiger partial charge in [-0.15, -0.1) is 0 Å². The number of hydrogen-bond acceptors (Lipinski definition) is 1. The van der Waals surface area contributed by atoms with E-state index in [0.29, 0.717) is 15.5 Å². The second kappa shape index (κ2) is 3.23. The SMILES string of the molecule is Cn1nc(Br)c2cc(C(F)(F)F)ccc21. The highest BCUT2D eigenvalue weighted by atomic mass is 79.9. The van der Waals surface area contributed by atoms with E-state index < -0.39 is 11.7 Å². The molecule has 15 heavy (non-hydrogen) atoms. The van der Waals surface area contributed by atoms with Gasteiger partial charge >= 0.3 is 6.18 Å². The summed E-state index contributed by atoms with van der Waals surface area (Å²) in [6.07, 6.45) is -4.32. The van der Waals surface area contributed by atoms with Crippen molar-refractivity contribution in [3.05, 3.63) is 28.4 Å². The van der Waals surface area contributed by atoms with Crippen molar-refractivity contribution in [2.24, 2.45) is 7.05 Å². The fraction of sp³-hybridized carbons (Fsp3) is 0.222. The Morgan fingerprint density at radius 1 is 1.33 bits per heavy atom. The van der Waals surface area contributed by atoms with Gasteiger partial charge in [-0.05, 0) is 34.1 Å². The number of alkyl halides is 3. The standard InChI is InChI=1S/C9H6BrF3N2/c1-15-7-3-2-5(9(11,12)13)4-6(7)8(10)14-15/h2-4H,1H3. The van der Waals surface area contributed by atoms with Crippen molar-refractivity contribution >= 4 is 26.8 Å². The summed E-state index contributed by atoms with van der Waals surface area (Å²) in [6.45, 7) is 0. The molecule has 0 atom stereocenters. The number of rotatable bonds is 0. The Kier molecular flexibility index (Phi) is 2.26. The lowest BCUT2D eigenvalue weighted by Crippen LogP contribution is -2.04. The molecule has 0 fully saturated rings. The molecule has 2 rings (SSSR count). The maximum absolute atomic E-state index is 12.4. The van der Waals surface area contributed by atoms with E-state index >= 15 is 0 Å². The van der Waals surface area contributed by atoms with Crippen LogP contribution in [-0.4, -0.2) is 9.78 Å². The minimum Gasteiger partial charge on any atom is -0.267 e. The summed E-state index contributed by atoms with van der Waals surface area (Å²) >= 11 is 3.12. The van der Waals surface area contributed by atoms with E-state index in [-0.39, 0.29) is 0 Å². The number of halogens is 4. The molecule has 0 amide bonds. The summed E-state index contributed by atoms with van der Waals surface area (Å²) < 4.78 is 39.2. The molecule has 0 bridgehead atoms. The first-order valence-corrected chi connectivity index (χ1v) is 4.88. The Hall–Kier alpha value is -1.04. The Morgan fingerprint density at radius 2 is 2.00 bits per heavy atom. The zero-order valence-corrected chi connectivity index (χ0v) is 9.22. The average molecular weight is 279 g/mol. The third-order valence-corrected chi connectivity index (χ3v) is 2.72. The Labute approximate surface area is 91.8 Å². The highest BCUT2D eigenvalue weighted by Crippen LogP contribution is 2.33. The third-order valence-electron chi connectivity index (χ3n) is 2.13. The summed E-state index contributed by atoms with van der Waals surface area (Å²) in [6, 6.07) is 3.55. The fourth-order valence-electron chi connectivity index (χ4n) is 1.40. The topological polar surface area (TPSA) is 17.8 Å². The molecule has 0 aliphatic heterocycles. The van der Waals surface area contributed by atoms with Crippen LogP contribution in [0.4, 0.5) is 13.2 Å². The zero-order chi connectivity index (χ0) is 11.2. The summed E-state index contributed by atoms with van der Waals surface area (Å²) in [4.78, 5) is 0. The van der Waals surface area contributed by atoms with Gasteiger partial charge in [-0.1, -0.05) is 0 Å². The van der Waals surface area contributed by atoms with Crippen LogP contribution in [0.15, 0.2) is 22.8 Å². The fourth-order valence-corrected chi connectivity index (χ4v) is 1.95. The molecule has 0 aliphatic rings. The van der Waals surface area contributed by atoms with E-state index in [2.05, 4.69) is 21.0 Å². The molecule has 0 unspecified atom stereocenters. The smallest absolute Gasteiger partial charge is 0.267 e. The summed E-state index contributed by atoms with van der Waals surface area (Å²) in [5.74, 6) is 0. The van der Waals surface area contributed by atoms with Crippen molar-refractivity contribution in [2.75, 3.05) is 0 Å².